The second-order valence-electron chi connectivity index (χ2n) is 5.46. The van der Waals surface area contributed by atoms with E-state index in [-0.39, 0.29) is 18.3 Å². The van der Waals surface area contributed by atoms with E-state index in [2.05, 4.69) is 15.5 Å². The molecule has 132 valence electrons. The molecule has 0 saturated carbocycles. The molecule has 0 saturated heterocycles. The van der Waals surface area contributed by atoms with E-state index in [0.717, 1.165) is 11.1 Å². The van der Waals surface area contributed by atoms with Gasteiger partial charge in [0, 0.05) is 18.2 Å². The van der Waals surface area contributed by atoms with Crippen molar-refractivity contribution in [2.24, 2.45) is 0 Å². The highest BCUT2D eigenvalue weighted by atomic mass is 35.5. The van der Waals surface area contributed by atoms with Gasteiger partial charge in [0.05, 0.1) is 23.4 Å². The van der Waals surface area contributed by atoms with Gasteiger partial charge in [-0.25, -0.2) is 4.39 Å². The van der Waals surface area contributed by atoms with Gasteiger partial charge in [0.2, 0.25) is 5.88 Å². The lowest BCUT2D eigenvalue weighted by Gasteiger charge is -2.09. The summed E-state index contributed by atoms with van der Waals surface area (Å²) in [4.78, 5) is 12.3. The highest BCUT2D eigenvalue weighted by Gasteiger charge is 2.12. The van der Waals surface area contributed by atoms with E-state index >= 15 is 0 Å². The predicted molar refractivity (Wildman–Crippen MR) is 96.6 cm³/mol. The lowest BCUT2D eigenvalue weighted by molar-refractivity contribution is 0.0951. The predicted octanol–water partition coefficient (Wildman–Crippen LogP) is 3.87. The Balaban J connectivity index is 1.71. The Labute approximate surface area is 154 Å². The first-order valence-electron chi connectivity index (χ1n) is 7.77. The quantitative estimate of drug-likeness (QED) is 0.739. The van der Waals surface area contributed by atoms with Crippen molar-refractivity contribution in [1.82, 2.24) is 15.5 Å². The van der Waals surface area contributed by atoms with Gasteiger partial charge in [-0.3, -0.25) is 4.79 Å². The summed E-state index contributed by atoms with van der Waals surface area (Å²) in [5.41, 5.74) is 2.49. The van der Waals surface area contributed by atoms with Crippen LogP contribution in [-0.4, -0.2) is 23.2 Å². The van der Waals surface area contributed by atoms with Crippen LogP contribution in [0.3, 0.4) is 0 Å². The van der Waals surface area contributed by atoms with Crippen LogP contribution in [0.5, 0.6) is 5.88 Å². The molecule has 0 spiro atoms. The molecule has 5 nitrogen and oxygen atoms in total. The van der Waals surface area contributed by atoms with Crippen molar-refractivity contribution >= 4 is 17.5 Å². The number of amides is 1. The van der Waals surface area contributed by atoms with Crippen molar-refractivity contribution in [3.63, 3.8) is 0 Å². The standard InChI is InChI=1S/C19H15ClFN3O2/c1-26-18-9-8-17(23-24-18)13-4-7-15(16(20)10-13)19(25)22-11-12-2-5-14(21)6-3-12/h2-10H,11H2,1H3,(H,22,25). The molecule has 0 fully saturated rings. The number of aromatic nitrogens is 2. The number of rotatable bonds is 5. The normalized spacial score (nSPS) is 10.4. The minimum Gasteiger partial charge on any atom is -0.480 e. The molecule has 2 aromatic carbocycles. The maximum atomic E-state index is 12.9. The first kappa shape index (κ1) is 17.8. The van der Waals surface area contributed by atoms with Gasteiger partial charge in [0.25, 0.3) is 5.91 Å². The third-order valence-corrected chi connectivity index (χ3v) is 4.04. The number of halogens is 2. The third kappa shape index (κ3) is 4.15. The zero-order valence-electron chi connectivity index (χ0n) is 13.9. The summed E-state index contributed by atoms with van der Waals surface area (Å²) in [5, 5.41) is 11.0. The first-order chi connectivity index (χ1) is 12.6. The van der Waals surface area contributed by atoms with Gasteiger partial charge < -0.3 is 10.1 Å². The van der Waals surface area contributed by atoms with Crippen LogP contribution in [0.2, 0.25) is 5.02 Å². The second kappa shape index (κ2) is 7.93. The molecule has 26 heavy (non-hydrogen) atoms. The number of methoxy groups -OCH3 is 1. The molecule has 0 bridgehead atoms. The molecule has 1 heterocycles. The van der Waals surface area contributed by atoms with E-state index in [1.54, 1.807) is 42.5 Å². The Kier molecular flexibility index (Phi) is 5.43. The molecule has 3 rings (SSSR count). The zero-order chi connectivity index (χ0) is 18.5. The Morgan fingerprint density at radius 1 is 1.12 bits per heavy atom. The van der Waals surface area contributed by atoms with E-state index in [1.807, 2.05) is 0 Å². The zero-order valence-corrected chi connectivity index (χ0v) is 14.6. The number of carbonyl (C=O) groups is 1. The Morgan fingerprint density at radius 3 is 2.50 bits per heavy atom. The molecular weight excluding hydrogens is 357 g/mol. The Hall–Kier alpha value is -2.99. The van der Waals surface area contributed by atoms with Crippen LogP contribution in [0.25, 0.3) is 11.3 Å². The fourth-order valence-corrected chi connectivity index (χ4v) is 2.59. The molecular formula is C19H15ClFN3O2. The largest absolute Gasteiger partial charge is 0.480 e. The summed E-state index contributed by atoms with van der Waals surface area (Å²) in [6, 6.07) is 14.4. The van der Waals surface area contributed by atoms with Crippen LogP contribution in [0, 0.1) is 5.82 Å². The average molecular weight is 372 g/mol. The van der Waals surface area contributed by atoms with E-state index in [4.69, 9.17) is 16.3 Å². The van der Waals surface area contributed by atoms with E-state index in [0.29, 0.717) is 22.2 Å². The molecule has 0 aliphatic heterocycles. The number of nitrogens with one attached hydrogen (secondary N) is 1. The lowest BCUT2D eigenvalue weighted by atomic mass is 10.1. The summed E-state index contributed by atoms with van der Waals surface area (Å²) >= 11 is 6.25. The molecule has 7 heteroatoms. The van der Waals surface area contributed by atoms with Gasteiger partial charge in [-0.05, 0) is 35.9 Å². The molecule has 1 amide bonds. The summed E-state index contributed by atoms with van der Waals surface area (Å²) < 4.78 is 17.9. The van der Waals surface area contributed by atoms with Crippen molar-refractivity contribution in [3.8, 4) is 17.1 Å². The molecule has 1 aromatic heterocycles. The summed E-state index contributed by atoms with van der Waals surface area (Å²) in [6.45, 7) is 0.279. The summed E-state index contributed by atoms with van der Waals surface area (Å²) in [5.74, 6) is -0.219. The van der Waals surface area contributed by atoms with Gasteiger partial charge in [-0.15, -0.1) is 10.2 Å². The van der Waals surface area contributed by atoms with Crippen molar-refractivity contribution < 1.29 is 13.9 Å². The number of benzene rings is 2. The van der Waals surface area contributed by atoms with Crippen molar-refractivity contribution in [2.75, 3.05) is 7.11 Å². The van der Waals surface area contributed by atoms with Gasteiger partial charge in [0.15, 0.2) is 0 Å². The van der Waals surface area contributed by atoms with Gasteiger partial charge >= 0.3 is 0 Å². The number of carbonyl (C=O) groups excluding carboxylic acids is 1. The smallest absolute Gasteiger partial charge is 0.253 e. The highest BCUT2D eigenvalue weighted by Crippen LogP contribution is 2.25. The molecule has 0 aliphatic carbocycles. The average Bonchev–Trinajstić information content (AvgIpc) is 2.67. The molecule has 1 N–H and O–H groups in total. The molecule has 0 atom stereocenters. The van der Waals surface area contributed by atoms with E-state index in [1.165, 1.54) is 19.2 Å². The minimum atomic E-state index is -0.319. The highest BCUT2D eigenvalue weighted by molar-refractivity contribution is 6.34. The fourth-order valence-electron chi connectivity index (χ4n) is 2.32. The maximum absolute atomic E-state index is 12.9. The van der Waals surface area contributed by atoms with Crippen LogP contribution < -0.4 is 10.1 Å². The van der Waals surface area contributed by atoms with Crippen molar-refractivity contribution in [1.29, 1.82) is 0 Å². The molecule has 0 radical (unpaired) electrons. The van der Waals surface area contributed by atoms with Crippen molar-refractivity contribution in [2.45, 2.75) is 6.54 Å². The van der Waals surface area contributed by atoms with Gasteiger partial charge in [0.1, 0.15) is 5.82 Å². The van der Waals surface area contributed by atoms with Gasteiger partial charge in [-0.2, -0.15) is 0 Å². The van der Waals surface area contributed by atoms with E-state index in [9.17, 15) is 9.18 Å². The van der Waals surface area contributed by atoms with Crippen LogP contribution in [0.15, 0.2) is 54.6 Å². The monoisotopic (exact) mass is 371 g/mol. The van der Waals surface area contributed by atoms with Crippen LogP contribution in [-0.2, 0) is 6.54 Å². The summed E-state index contributed by atoms with van der Waals surface area (Å²) in [6.07, 6.45) is 0. The third-order valence-electron chi connectivity index (χ3n) is 3.73. The molecule has 0 aliphatic rings. The Morgan fingerprint density at radius 2 is 1.88 bits per heavy atom. The summed E-state index contributed by atoms with van der Waals surface area (Å²) in [7, 11) is 1.51. The maximum Gasteiger partial charge on any atom is 0.253 e. The van der Waals surface area contributed by atoms with Crippen molar-refractivity contribution in [3.05, 3.63) is 76.6 Å². The Bertz CT molecular complexity index is 915. The van der Waals surface area contributed by atoms with Gasteiger partial charge in [-0.1, -0.05) is 29.8 Å². The molecule has 0 unspecified atom stereocenters. The van der Waals surface area contributed by atoms with Crippen LogP contribution in [0.1, 0.15) is 15.9 Å². The number of hydrogen-bond donors (Lipinski definition) is 1. The minimum absolute atomic E-state index is 0.279. The topological polar surface area (TPSA) is 64.1 Å². The number of ether oxygens (including phenoxy) is 1. The fraction of sp³-hybridized carbons (Fsp3) is 0.105. The van der Waals surface area contributed by atoms with E-state index < -0.39 is 0 Å². The lowest BCUT2D eigenvalue weighted by Crippen LogP contribution is -2.23. The van der Waals surface area contributed by atoms with Crippen LogP contribution >= 0.6 is 11.6 Å². The number of nitrogens with zero attached hydrogens (tertiary/aromatic N) is 2. The molecule has 3 aromatic rings. The SMILES string of the molecule is COc1ccc(-c2ccc(C(=O)NCc3ccc(F)cc3)c(Cl)c2)nn1. The number of hydrogen-bond acceptors (Lipinski definition) is 4. The van der Waals surface area contributed by atoms with Crippen LogP contribution in [0.4, 0.5) is 4.39 Å². The second-order valence-corrected chi connectivity index (χ2v) is 5.87. The first-order valence-corrected chi connectivity index (χ1v) is 8.15.